The van der Waals surface area contributed by atoms with Crippen molar-refractivity contribution in [2.24, 2.45) is 0 Å². The lowest BCUT2D eigenvalue weighted by Gasteiger charge is -2.27. The molecule has 0 amide bonds. The van der Waals surface area contributed by atoms with Crippen LogP contribution in [-0.4, -0.2) is 50.5 Å². The zero-order valence-electron chi connectivity index (χ0n) is 9.12. The van der Waals surface area contributed by atoms with Crippen LogP contribution in [0.2, 0.25) is 0 Å². The number of ether oxygens (including phenoxy) is 2. The zero-order valence-corrected chi connectivity index (χ0v) is 9.94. The molecule has 1 rings (SSSR count). The number of thioether (sulfide) groups is 1. The molecule has 1 aliphatic rings. The summed E-state index contributed by atoms with van der Waals surface area (Å²) in [5.41, 5.74) is 0. The maximum atomic E-state index is 5.18. The number of nitrogens with one attached hydrogen (secondary N) is 1. The van der Waals surface area contributed by atoms with E-state index < -0.39 is 0 Å². The lowest BCUT2D eigenvalue weighted by atomic mass is 10.3. The summed E-state index contributed by atoms with van der Waals surface area (Å²) in [6, 6.07) is 0.491. The van der Waals surface area contributed by atoms with Gasteiger partial charge in [0.15, 0.2) is 0 Å². The highest BCUT2D eigenvalue weighted by atomic mass is 32.2. The summed E-state index contributed by atoms with van der Waals surface area (Å²) >= 11 is 1.99. The SMILES string of the molecule is CCCNC(COC)CSC1COC1. The zero-order chi connectivity index (χ0) is 10.2. The van der Waals surface area contributed by atoms with Crippen molar-refractivity contribution in [3.63, 3.8) is 0 Å². The first-order valence-electron chi connectivity index (χ1n) is 5.28. The molecule has 0 aromatic rings. The van der Waals surface area contributed by atoms with Crippen LogP contribution in [0.25, 0.3) is 0 Å². The van der Waals surface area contributed by atoms with E-state index in [-0.39, 0.29) is 0 Å². The highest BCUT2D eigenvalue weighted by Gasteiger charge is 2.20. The third-order valence-electron chi connectivity index (χ3n) is 2.19. The van der Waals surface area contributed by atoms with Crippen LogP contribution < -0.4 is 5.32 Å². The normalized spacial score (nSPS) is 19.3. The molecular formula is C10H21NO2S. The Morgan fingerprint density at radius 1 is 1.57 bits per heavy atom. The Labute approximate surface area is 90.9 Å². The van der Waals surface area contributed by atoms with Gasteiger partial charge in [-0.2, -0.15) is 11.8 Å². The van der Waals surface area contributed by atoms with Crippen LogP contribution >= 0.6 is 11.8 Å². The maximum Gasteiger partial charge on any atom is 0.0623 e. The van der Waals surface area contributed by atoms with Crippen molar-refractivity contribution < 1.29 is 9.47 Å². The first-order valence-corrected chi connectivity index (χ1v) is 6.33. The fraction of sp³-hybridized carbons (Fsp3) is 1.00. The molecule has 0 aromatic carbocycles. The Morgan fingerprint density at radius 3 is 2.86 bits per heavy atom. The Kier molecular flexibility index (Phi) is 6.60. The highest BCUT2D eigenvalue weighted by molar-refractivity contribution is 8.00. The predicted molar refractivity (Wildman–Crippen MR) is 61.0 cm³/mol. The quantitative estimate of drug-likeness (QED) is 0.663. The monoisotopic (exact) mass is 219 g/mol. The van der Waals surface area contributed by atoms with Gasteiger partial charge in [-0.05, 0) is 13.0 Å². The molecule has 1 fully saturated rings. The number of methoxy groups -OCH3 is 1. The summed E-state index contributed by atoms with van der Waals surface area (Å²) in [7, 11) is 1.76. The van der Waals surface area contributed by atoms with Crippen molar-refractivity contribution in [2.75, 3.05) is 39.2 Å². The number of rotatable bonds is 8. The predicted octanol–water partition coefficient (Wildman–Crippen LogP) is 1.13. The summed E-state index contributed by atoms with van der Waals surface area (Å²) in [6.45, 7) is 5.93. The fourth-order valence-electron chi connectivity index (χ4n) is 1.28. The molecule has 3 nitrogen and oxygen atoms in total. The van der Waals surface area contributed by atoms with Gasteiger partial charge in [0, 0.05) is 18.9 Å². The lowest BCUT2D eigenvalue weighted by molar-refractivity contribution is 0.0454. The van der Waals surface area contributed by atoms with Gasteiger partial charge in [-0.3, -0.25) is 0 Å². The van der Waals surface area contributed by atoms with Crippen molar-refractivity contribution in [3.05, 3.63) is 0 Å². The molecule has 1 atom stereocenters. The average molecular weight is 219 g/mol. The third-order valence-corrected chi connectivity index (χ3v) is 3.53. The van der Waals surface area contributed by atoms with Crippen LogP contribution in [0.5, 0.6) is 0 Å². The molecule has 1 unspecified atom stereocenters. The summed E-state index contributed by atoms with van der Waals surface area (Å²) in [4.78, 5) is 0. The van der Waals surface area contributed by atoms with E-state index in [1.165, 1.54) is 6.42 Å². The molecule has 4 heteroatoms. The number of hydrogen-bond acceptors (Lipinski definition) is 4. The van der Waals surface area contributed by atoms with Gasteiger partial charge in [0.1, 0.15) is 0 Å². The Hall–Kier alpha value is 0.230. The van der Waals surface area contributed by atoms with Crippen molar-refractivity contribution in [1.82, 2.24) is 5.32 Å². The molecule has 84 valence electrons. The average Bonchev–Trinajstić information content (AvgIpc) is 2.11. The molecule has 1 saturated heterocycles. The van der Waals surface area contributed by atoms with Gasteiger partial charge in [-0.25, -0.2) is 0 Å². The van der Waals surface area contributed by atoms with E-state index in [2.05, 4.69) is 12.2 Å². The molecule has 1 aliphatic heterocycles. The van der Waals surface area contributed by atoms with Gasteiger partial charge in [0.25, 0.3) is 0 Å². The molecule has 0 spiro atoms. The second kappa shape index (κ2) is 7.51. The first kappa shape index (κ1) is 12.3. The van der Waals surface area contributed by atoms with E-state index in [1.807, 2.05) is 11.8 Å². The topological polar surface area (TPSA) is 30.5 Å². The van der Waals surface area contributed by atoms with Gasteiger partial charge in [0.2, 0.25) is 0 Å². The molecule has 1 N–H and O–H groups in total. The van der Waals surface area contributed by atoms with Gasteiger partial charge < -0.3 is 14.8 Å². The lowest BCUT2D eigenvalue weighted by Crippen LogP contribution is -2.38. The summed E-state index contributed by atoms with van der Waals surface area (Å²) < 4.78 is 10.3. The van der Waals surface area contributed by atoms with Gasteiger partial charge in [-0.15, -0.1) is 0 Å². The van der Waals surface area contributed by atoms with Crippen LogP contribution in [-0.2, 0) is 9.47 Å². The van der Waals surface area contributed by atoms with E-state index in [0.717, 1.165) is 37.4 Å². The summed E-state index contributed by atoms with van der Waals surface area (Å²) in [6.07, 6.45) is 1.18. The largest absolute Gasteiger partial charge is 0.383 e. The highest BCUT2D eigenvalue weighted by Crippen LogP contribution is 2.19. The van der Waals surface area contributed by atoms with Gasteiger partial charge in [-0.1, -0.05) is 6.92 Å². The van der Waals surface area contributed by atoms with Crippen LogP contribution in [0.4, 0.5) is 0 Å². The van der Waals surface area contributed by atoms with Crippen molar-refractivity contribution >= 4 is 11.8 Å². The Morgan fingerprint density at radius 2 is 2.36 bits per heavy atom. The van der Waals surface area contributed by atoms with Crippen molar-refractivity contribution in [2.45, 2.75) is 24.6 Å². The molecular weight excluding hydrogens is 198 g/mol. The molecule has 0 aliphatic carbocycles. The minimum atomic E-state index is 0.491. The van der Waals surface area contributed by atoms with Crippen molar-refractivity contribution in [1.29, 1.82) is 0 Å². The summed E-state index contributed by atoms with van der Waals surface area (Å²) in [5, 5.41) is 4.21. The van der Waals surface area contributed by atoms with Gasteiger partial charge >= 0.3 is 0 Å². The fourth-order valence-corrected chi connectivity index (χ4v) is 2.38. The van der Waals surface area contributed by atoms with Crippen LogP contribution in [0.3, 0.4) is 0 Å². The number of hydrogen-bond donors (Lipinski definition) is 1. The van der Waals surface area contributed by atoms with E-state index in [1.54, 1.807) is 7.11 Å². The van der Waals surface area contributed by atoms with E-state index in [0.29, 0.717) is 6.04 Å². The van der Waals surface area contributed by atoms with Crippen LogP contribution in [0.15, 0.2) is 0 Å². The molecule has 0 aromatic heterocycles. The first-order chi connectivity index (χ1) is 6.86. The van der Waals surface area contributed by atoms with Gasteiger partial charge in [0.05, 0.1) is 25.1 Å². The smallest absolute Gasteiger partial charge is 0.0623 e. The second-order valence-corrected chi connectivity index (χ2v) is 4.93. The van der Waals surface area contributed by atoms with E-state index >= 15 is 0 Å². The van der Waals surface area contributed by atoms with E-state index in [4.69, 9.17) is 9.47 Å². The molecule has 1 heterocycles. The Balaban J connectivity index is 2.06. The van der Waals surface area contributed by atoms with E-state index in [9.17, 15) is 0 Å². The van der Waals surface area contributed by atoms with Crippen LogP contribution in [0, 0.1) is 0 Å². The standard InChI is InChI=1S/C10H21NO2S/c1-3-4-11-9(5-12-2)8-14-10-6-13-7-10/h9-11H,3-8H2,1-2H3. The Bertz CT molecular complexity index is 142. The summed E-state index contributed by atoms with van der Waals surface area (Å²) in [5.74, 6) is 1.13. The molecule has 0 radical (unpaired) electrons. The molecule has 14 heavy (non-hydrogen) atoms. The van der Waals surface area contributed by atoms with Crippen molar-refractivity contribution in [3.8, 4) is 0 Å². The third kappa shape index (κ3) is 4.64. The maximum absolute atomic E-state index is 5.18. The minimum absolute atomic E-state index is 0.491. The van der Waals surface area contributed by atoms with Crippen LogP contribution in [0.1, 0.15) is 13.3 Å². The molecule has 0 bridgehead atoms. The minimum Gasteiger partial charge on any atom is -0.383 e. The second-order valence-electron chi connectivity index (χ2n) is 3.60. The molecule has 0 saturated carbocycles.